The van der Waals surface area contributed by atoms with Gasteiger partial charge in [0.2, 0.25) is 0 Å². The third kappa shape index (κ3) is 6.22. The lowest BCUT2D eigenvalue weighted by Gasteiger charge is -2.38. The predicted octanol–water partition coefficient (Wildman–Crippen LogP) is 16.8. The van der Waals surface area contributed by atoms with Crippen LogP contribution in [0, 0.1) is 12.8 Å². The van der Waals surface area contributed by atoms with E-state index in [1.165, 1.54) is 89.5 Å². The summed E-state index contributed by atoms with van der Waals surface area (Å²) in [5, 5.41) is 0. The van der Waals surface area contributed by atoms with Crippen LogP contribution in [0.3, 0.4) is 0 Å². The van der Waals surface area contributed by atoms with E-state index in [2.05, 4.69) is 258 Å². The number of hydrogen-bond donors (Lipinski definition) is 0. The van der Waals surface area contributed by atoms with Crippen molar-refractivity contribution in [2.24, 2.45) is 5.92 Å². The second-order valence-corrected chi connectivity index (χ2v) is 19.1. The zero-order valence-corrected chi connectivity index (χ0v) is 37.7. The fraction of sp³-hybridized carbons (Fsp3) is 0.161. The van der Waals surface area contributed by atoms with Gasteiger partial charge in [-0.15, -0.1) is 0 Å². The molecule has 3 aliphatic carbocycles. The molecule has 0 saturated heterocycles. The Bertz CT molecular complexity index is 3120. The Morgan fingerprint density at radius 3 is 1.53 bits per heavy atom. The van der Waals surface area contributed by atoms with Gasteiger partial charge >= 0.3 is 0 Å². The summed E-state index contributed by atoms with van der Waals surface area (Å²) >= 11 is 0. The van der Waals surface area contributed by atoms with Crippen LogP contribution in [0.2, 0.25) is 0 Å². The lowest BCUT2D eigenvalue weighted by atomic mass is 9.69. The van der Waals surface area contributed by atoms with Crippen molar-refractivity contribution in [2.45, 2.75) is 58.3 Å². The largest absolute Gasteiger partial charge is 0.310 e. The molecule has 0 aromatic heterocycles. The van der Waals surface area contributed by atoms with Crippen LogP contribution >= 0.6 is 0 Å². The number of anilines is 5. The lowest BCUT2D eigenvalue weighted by Crippen LogP contribution is -2.31. The minimum absolute atomic E-state index is 0.145. The second kappa shape index (κ2) is 15.3. The van der Waals surface area contributed by atoms with Crippen LogP contribution in [0.4, 0.5) is 28.4 Å². The third-order valence-electron chi connectivity index (χ3n) is 14.5. The average Bonchev–Trinajstić information content (AvgIpc) is 3.70. The van der Waals surface area contributed by atoms with E-state index in [9.17, 15) is 0 Å². The molecule has 312 valence electrons. The summed E-state index contributed by atoms with van der Waals surface area (Å²) in [6.07, 6.45) is 5.08. The molecule has 64 heavy (non-hydrogen) atoms. The summed E-state index contributed by atoms with van der Waals surface area (Å²) in [5.41, 5.74) is 22.9. The van der Waals surface area contributed by atoms with Crippen molar-refractivity contribution >= 4 is 28.4 Å². The summed E-state index contributed by atoms with van der Waals surface area (Å²) in [5.74, 6) is 0.559. The van der Waals surface area contributed by atoms with Crippen molar-refractivity contribution in [2.75, 3.05) is 9.80 Å². The smallest absolute Gasteiger partial charge is 0.0540 e. The SMILES string of the molecule is CC1=CC(N(c2ccccc2)c2ccccc2-c2ccccc2)=CC2C1c1ccc3c(c1C2(C)C)C(C)(C)c1cc(N(c2ccccc2)c2ccccc2-c2ccccc2)cc(C)c1-3. The number of rotatable bonds is 8. The zero-order chi connectivity index (χ0) is 43.7. The van der Waals surface area contributed by atoms with Crippen molar-refractivity contribution < 1.29 is 0 Å². The van der Waals surface area contributed by atoms with Gasteiger partial charge in [0.15, 0.2) is 0 Å². The van der Waals surface area contributed by atoms with Gasteiger partial charge in [-0.1, -0.05) is 185 Å². The topological polar surface area (TPSA) is 6.48 Å². The number of benzene rings is 8. The van der Waals surface area contributed by atoms with Gasteiger partial charge < -0.3 is 9.80 Å². The molecule has 0 bridgehead atoms. The van der Waals surface area contributed by atoms with E-state index in [0.29, 0.717) is 5.92 Å². The van der Waals surface area contributed by atoms with E-state index < -0.39 is 0 Å². The predicted molar refractivity (Wildman–Crippen MR) is 270 cm³/mol. The lowest BCUT2D eigenvalue weighted by molar-refractivity contribution is 0.380. The highest BCUT2D eigenvalue weighted by Gasteiger charge is 2.52. The Morgan fingerprint density at radius 2 is 0.953 bits per heavy atom. The van der Waals surface area contributed by atoms with E-state index in [4.69, 9.17) is 0 Å². The standard InChI is InChI=1S/C62H54N2/c1-41-37-47(63(45-27-15-9-16-28-45)55-33-21-19-31-49(55)43-23-11-7-12-24-43)39-53-57(41)51-35-36-52-58-42(2)38-48(40-54(58)62(5,6)60(52)59(51)61(53,3)4)64(46-29-17-10-18-30-46)56-34-22-20-32-50(56)44-25-13-8-14-26-44/h7-40,53,57H,1-6H3. The van der Waals surface area contributed by atoms with Crippen LogP contribution in [0.5, 0.6) is 0 Å². The molecular formula is C62H54N2. The first-order valence-corrected chi connectivity index (χ1v) is 22.9. The molecule has 0 spiro atoms. The van der Waals surface area contributed by atoms with Gasteiger partial charge in [-0.25, -0.2) is 0 Å². The van der Waals surface area contributed by atoms with Crippen molar-refractivity contribution in [1.82, 2.24) is 0 Å². The Labute approximate surface area is 379 Å². The molecule has 0 radical (unpaired) electrons. The highest BCUT2D eigenvalue weighted by Crippen LogP contribution is 2.63. The van der Waals surface area contributed by atoms with Gasteiger partial charge in [0.25, 0.3) is 0 Å². The van der Waals surface area contributed by atoms with Gasteiger partial charge in [-0.3, -0.25) is 0 Å². The van der Waals surface area contributed by atoms with Crippen LogP contribution in [0.25, 0.3) is 33.4 Å². The van der Waals surface area contributed by atoms with E-state index in [0.717, 1.165) is 11.4 Å². The van der Waals surface area contributed by atoms with Gasteiger partial charge in [0, 0.05) is 45.2 Å². The fourth-order valence-electron chi connectivity index (χ4n) is 11.7. The molecule has 2 nitrogen and oxygen atoms in total. The van der Waals surface area contributed by atoms with Gasteiger partial charge in [0.1, 0.15) is 0 Å². The number of allylic oxidation sites excluding steroid dienone is 3. The molecule has 0 amide bonds. The molecule has 2 heteroatoms. The van der Waals surface area contributed by atoms with Gasteiger partial charge in [-0.2, -0.15) is 0 Å². The monoisotopic (exact) mass is 826 g/mol. The van der Waals surface area contributed by atoms with E-state index in [1.54, 1.807) is 0 Å². The first kappa shape index (κ1) is 39.7. The molecule has 11 rings (SSSR count). The summed E-state index contributed by atoms with van der Waals surface area (Å²) in [6, 6.07) is 71.0. The van der Waals surface area contributed by atoms with Crippen molar-refractivity contribution in [3.05, 3.63) is 245 Å². The molecule has 0 heterocycles. The van der Waals surface area contributed by atoms with Gasteiger partial charge in [0.05, 0.1) is 11.4 Å². The fourth-order valence-corrected chi connectivity index (χ4v) is 11.7. The molecule has 0 aliphatic heterocycles. The molecule has 2 unspecified atom stereocenters. The molecule has 8 aromatic carbocycles. The highest BCUT2D eigenvalue weighted by molar-refractivity contribution is 5.93. The van der Waals surface area contributed by atoms with E-state index >= 15 is 0 Å². The molecule has 2 atom stereocenters. The third-order valence-corrected chi connectivity index (χ3v) is 14.5. The minimum atomic E-state index is -0.238. The molecule has 0 fully saturated rings. The van der Waals surface area contributed by atoms with E-state index in [1.807, 2.05) is 0 Å². The summed E-state index contributed by atoms with van der Waals surface area (Å²) in [4.78, 5) is 4.96. The Morgan fingerprint density at radius 1 is 0.453 bits per heavy atom. The normalized spacial score (nSPS) is 17.3. The number of nitrogens with zero attached hydrogens (tertiary/aromatic N) is 2. The quantitative estimate of drug-likeness (QED) is 0.151. The van der Waals surface area contributed by atoms with E-state index in [-0.39, 0.29) is 16.7 Å². The van der Waals surface area contributed by atoms with Crippen molar-refractivity contribution in [3.63, 3.8) is 0 Å². The van der Waals surface area contributed by atoms with Crippen LogP contribution in [0.15, 0.2) is 218 Å². The molecule has 0 N–H and O–H groups in total. The second-order valence-electron chi connectivity index (χ2n) is 19.1. The zero-order valence-electron chi connectivity index (χ0n) is 37.7. The molecule has 8 aromatic rings. The molecule has 3 aliphatic rings. The average molecular weight is 827 g/mol. The summed E-state index contributed by atoms with van der Waals surface area (Å²) in [6.45, 7) is 14.7. The number of para-hydroxylation sites is 4. The van der Waals surface area contributed by atoms with Crippen LogP contribution in [-0.4, -0.2) is 0 Å². The van der Waals surface area contributed by atoms with Crippen LogP contribution in [0.1, 0.15) is 68.4 Å². The number of hydrogen-bond acceptors (Lipinski definition) is 2. The van der Waals surface area contributed by atoms with Crippen LogP contribution < -0.4 is 9.80 Å². The van der Waals surface area contributed by atoms with Gasteiger partial charge in [-0.05, 0) is 130 Å². The Kier molecular flexibility index (Phi) is 9.47. The maximum atomic E-state index is 2.61. The number of aryl methyl sites for hydroxylation is 1. The maximum Gasteiger partial charge on any atom is 0.0540 e. The minimum Gasteiger partial charge on any atom is -0.310 e. The number of fused-ring (bicyclic) bond motifs is 7. The Balaban J connectivity index is 1.04. The first-order valence-electron chi connectivity index (χ1n) is 22.9. The maximum absolute atomic E-state index is 2.61. The molecular weight excluding hydrogens is 773 g/mol. The molecule has 0 saturated carbocycles. The summed E-state index contributed by atoms with van der Waals surface area (Å²) in [7, 11) is 0. The van der Waals surface area contributed by atoms with Crippen LogP contribution in [-0.2, 0) is 10.8 Å². The summed E-state index contributed by atoms with van der Waals surface area (Å²) < 4.78 is 0. The first-order chi connectivity index (χ1) is 31.1. The highest BCUT2D eigenvalue weighted by atomic mass is 15.2. The van der Waals surface area contributed by atoms with Crippen molar-refractivity contribution in [3.8, 4) is 33.4 Å². The van der Waals surface area contributed by atoms with Crippen molar-refractivity contribution in [1.29, 1.82) is 0 Å². The Hall–Kier alpha value is -7.16.